The maximum absolute atomic E-state index is 13.0. The van der Waals surface area contributed by atoms with Gasteiger partial charge >= 0.3 is 11.8 Å². The van der Waals surface area contributed by atoms with Gasteiger partial charge in [-0.3, -0.25) is 4.79 Å². The van der Waals surface area contributed by atoms with E-state index in [1.165, 1.54) is 30.5 Å². The molecule has 0 N–H and O–H groups in total. The van der Waals surface area contributed by atoms with E-state index < -0.39 is 0 Å². The normalized spacial score (nSPS) is 17.0. The van der Waals surface area contributed by atoms with E-state index in [2.05, 4.69) is 50.0 Å². The number of amides is 1. The van der Waals surface area contributed by atoms with Crippen molar-refractivity contribution >= 4 is 17.4 Å². The average Bonchev–Trinajstić information content (AvgIpc) is 3.35. The van der Waals surface area contributed by atoms with Gasteiger partial charge in [0.05, 0.1) is 0 Å². The van der Waals surface area contributed by atoms with Gasteiger partial charge in [0.15, 0.2) is 0 Å². The number of aromatic nitrogens is 3. The fourth-order valence-corrected chi connectivity index (χ4v) is 4.48. The second-order valence-corrected chi connectivity index (χ2v) is 8.44. The third-order valence-electron chi connectivity index (χ3n) is 6.32. The molecule has 2 aliphatic rings. The zero-order valence-corrected chi connectivity index (χ0v) is 18.4. The third-order valence-corrected chi connectivity index (χ3v) is 6.32. The highest BCUT2D eigenvalue weighted by molar-refractivity contribution is 5.90. The molecule has 5 rings (SSSR count). The van der Waals surface area contributed by atoms with Crippen LogP contribution in [0.4, 0.5) is 11.5 Å². The Morgan fingerprint density at radius 3 is 2.50 bits per heavy atom. The van der Waals surface area contributed by atoms with Gasteiger partial charge in [-0.2, -0.15) is 4.98 Å². The van der Waals surface area contributed by atoms with E-state index in [1.54, 1.807) is 11.1 Å². The molecule has 0 aliphatic carbocycles. The van der Waals surface area contributed by atoms with Crippen LogP contribution in [0.5, 0.6) is 0 Å². The lowest BCUT2D eigenvalue weighted by Gasteiger charge is -2.36. The predicted molar refractivity (Wildman–Crippen MR) is 123 cm³/mol. The number of benzene rings is 1. The molecule has 1 amide bonds. The molecule has 1 aromatic carbocycles. The van der Waals surface area contributed by atoms with Gasteiger partial charge in [0.25, 0.3) is 0 Å². The van der Waals surface area contributed by atoms with Crippen LogP contribution >= 0.6 is 0 Å². The predicted octanol–water partition coefficient (Wildman–Crippen LogP) is 3.39. The smallest absolute Gasteiger partial charge is 0.316 e. The summed E-state index contributed by atoms with van der Waals surface area (Å²) in [5.41, 5.74) is 3.28. The Morgan fingerprint density at radius 2 is 1.72 bits per heavy atom. The minimum atomic E-state index is -0.210. The van der Waals surface area contributed by atoms with Crippen LogP contribution in [-0.2, 0) is 0 Å². The van der Waals surface area contributed by atoms with Gasteiger partial charge in [-0.25, -0.2) is 4.98 Å². The number of carbonyl (C=O) groups excluding carboxylic acids is 1. The van der Waals surface area contributed by atoms with Gasteiger partial charge in [0, 0.05) is 56.7 Å². The Morgan fingerprint density at radius 1 is 0.938 bits per heavy atom. The monoisotopic (exact) mass is 432 g/mol. The van der Waals surface area contributed by atoms with Crippen molar-refractivity contribution in [1.29, 1.82) is 0 Å². The molecule has 0 unspecified atom stereocenters. The number of carbonyl (C=O) groups is 1. The first-order valence-electron chi connectivity index (χ1n) is 11.3. The van der Waals surface area contributed by atoms with Crippen molar-refractivity contribution in [2.24, 2.45) is 0 Å². The van der Waals surface area contributed by atoms with Crippen LogP contribution in [0, 0.1) is 6.92 Å². The maximum atomic E-state index is 13.0. The first-order valence-corrected chi connectivity index (χ1v) is 11.3. The molecule has 0 radical (unpaired) electrons. The SMILES string of the molecule is Cc1ccccc1N1CCN(C(=O)c2nc(-c3ccnc(N4CCCCC4)c3)no2)CC1. The average molecular weight is 433 g/mol. The van der Waals surface area contributed by atoms with Crippen LogP contribution in [0.3, 0.4) is 0 Å². The standard InChI is InChI=1S/C24H28N6O2/c1-18-7-3-4-8-20(18)28-13-15-30(16-14-28)24(31)23-26-22(27-32-23)19-9-10-25-21(17-19)29-11-5-2-6-12-29/h3-4,7-10,17H,2,5-6,11-16H2,1H3. The van der Waals surface area contributed by atoms with E-state index in [0.717, 1.165) is 37.6 Å². The summed E-state index contributed by atoms with van der Waals surface area (Å²) in [6.45, 7) is 6.95. The zero-order chi connectivity index (χ0) is 21.9. The van der Waals surface area contributed by atoms with Crippen LogP contribution in [-0.4, -0.2) is 65.2 Å². The number of nitrogens with zero attached hydrogens (tertiary/aromatic N) is 6. The molecule has 2 aliphatic heterocycles. The van der Waals surface area contributed by atoms with Crippen molar-refractivity contribution in [2.45, 2.75) is 26.2 Å². The summed E-state index contributed by atoms with van der Waals surface area (Å²) < 4.78 is 5.35. The third kappa shape index (κ3) is 4.17. The molecule has 8 nitrogen and oxygen atoms in total. The fraction of sp³-hybridized carbons (Fsp3) is 0.417. The Balaban J connectivity index is 1.25. The van der Waals surface area contributed by atoms with Gasteiger partial charge in [0.1, 0.15) is 5.82 Å². The van der Waals surface area contributed by atoms with Crippen LogP contribution < -0.4 is 9.80 Å². The Bertz CT molecular complexity index is 1080. The minimum absolute atomic E-state index is 0.0423. The van der Waals surface area contributed by atoms with Crippen molar-refractivity contribution in [3.8, 4) is 11.4 Å². The summed E-state index contributed by atoms with van der Waals surface area (Å²) in [4.78, 5) is 28.3. The summed E-state index contributed by atoms with van der Waals surface area (Å²) in [7, 11) is 0. The summed E-state index contributed by atoms with van der Waals surface area (Å²) >= 11 is 0. The summed E-state index contributed by atoms with van der Waals surface area (Å²) in [6.07, 6.45) is 5.40. The second-order valence-electron chi connectivity index (χ2n) is 8.44. The molecular formula is C24H28N6O2. The zero-order valence-electron chi connectivity index (χ0n) is 18.4. The highest BCUT2D eigenvalue weighted by Crippen LogP contribution is 2.24. The van der Waals surface area contributed by atoms with Crippen molar-refractivity contribution in [3.63, 3.8) is 0 Å². The minimum Gasteiger partial charge on any atom is -0.368 e. The molecule has 8 heteroatoms. The van der Waals surface area contributed by atoms with E-state index in [1.807, 2.05) is 18.2 Å². The van der Waals surface area contributed by atoms with Crippen LogP contribution in [0.15, 0.2) is 47.1 Å². The summed E-state index contributed by atoms with van der Waals surface area (Å²) in [6, 6.07) is 12.2. The van der Waals surface area contributed by atoms with Crippen LogP contribution in [0.1, 0.15) is 35.5 Å². The second kappa shape index (κ2) is 8.98. The van der Waals surface area contributed by atoms with E-state index in [4.69, 9.17) is 4.52 Å². The highest BCUT2D eigenvalue weighted by atomic mass is 16.5. The molecule has 0 atom stereocenters. The number of piperidine rings is 1. The van der Waals surface area contributed by atoms with Gasteiger partial charge in [-0.1, -0.05) is 23.4 Å². The molecule has 4 heterocycles. The van der Waals surface area contributed by atoms with E-state index >= 15 is 0 Å². The van der Waals surface area contributed by atoms with Crippen LogP contribution in [0.25, 0.3) is 11.4 Å². The van der Waals surface area contributed by atoms with Gasteiger partial charge in [-0.05, 0) is 49.9 Å². The first kappa shape index (κ1) is 20.5. The van der Waals surface area contributed by atoms with Gasteiger partial charge in [0.2, 0.25) is 5.82 Å². The molecule has 166 valence electrons. The van der Waals surface area contributed by atoms with E-state index in [0.29, 0.717) is 18.9 Å². The lowest BCUT2D eigenvalue weighted by atomic mass is 10.1. The summed E-state index contributed by atoms with van der Waals surface area (Å²) in [5.74, 6) is 1.18. The quantitative estimate of drug-likeness (QED) is 0.625. The van der Waals surface area contributed by atoms with Crippen molar-refractivity contribution in [2.75, 3.05) is 49.1 Å². The Kier molecular flexibility index (Phi) is 5.75. The molecule has 0 bridgehead atoms. The molecular weight excluding hydrogens is 404 g/mol. The summed E-state index contributed by atoms with van der Waals surface area (Å²) in [5, 5.41) is 4.07. The van der Waals surface area contributed by atoms with Crippen molar-refractivity contribution < 1.29 is 9.32 Å². The molecule has 0 saturated carbocycles. The maximum Gasteiger partial charge on any atom is 0.316 e. The Hall–Kier alpha value is -3.42. The lowest BCUT2D eigenvalue weighted by molar-refractivity contribution is 0.0696. The number of aryl methyl sites for hydroxylation is 1. The van der Waals surface area contributed by atoms with Gasteiger partial charge in [-0.15, -0.1) is 0 Å². The number of hydrogen-bond donors (Lipinski definition) is 0. The fourth-order valence-electron chi connectivity index (χ4n) is 4.48. The molecule has 2 fully saturated rings. The van der Waals surface area contributed by atoms with Crippen molar-refractivity contribution in [1.82, 2.24) is 20.0 Å². The molecule has 0 spiro atoms. The van der Waals surface area contributed by atoms with E-state index in [9.17, 15) is 4.79 Å². The number of rotatable bonds is 4. The van der Waals surface area contributed by atoms with Crippen LogP contribution in [0.2, 0.25) is 0 Å². The molecule has 3 aromatic rings. The van der Waals surface area contributed by atoms with E-state index in [-0.39, 0.29) is 11.8 Å². The largest absolute Gasteiger partial charge is 0.368 e. The van der Waals surface area contributed by atoms with Gasteiger partial charge < -0.3 is 19.2 Å². The highest BCUT2D eigenvalue weighted by Gasteiger charge is 2.27. The number of piperazine rings is 1. The number of anilines is 2. The number of hydrogen-bond acceptors (Lipinski definition) is 7. The first-order chi connectivity index (χ1) is 15.7. The Labute approximate surface area is 187 Å². The topological polar surface area (TPSA) is 78.6 Å². The lowest BCUT2D eigenvalue weighted by Crippen LogP contribution is -2.49. The number of para-hydroxylation sites is 1. The van der Waals surface area contributed by atoms with Crippen molar-refractivity contribution in [3.05, 3.63) is 54.0 Å². The molecule has 2 saturated heterocycles. The molecule has 2 aromatic heterocycles. The number of pyridine rings is 1. The molecule has 32 heavy (non-hydrogen) atoms.